The number of carbonyl (C=O) groups excluding carboxylic acids is 1. The number of benzene rings is 2. The number of rotatable bonds is 7. The first-order valence-corrected chi connectivity index (χ1v) is 11.4. The van der Waals surface area contributed by atoms with E-state index in [0.717, 1.165) is 27.7 Å². The van der Waals surface area contributed by atoms with Gasteiger partial charge in [0.15, 0.2) is 5.16 Å². The Bertz CT molecular complexity index is 1190. The van der Waals surface area contributed by atoms with Gasteiger partial charge in [-0.25, -0.2) is 4.98 Å². The first-order chi connectivity index (χ1) is 15.0. The van der Waals surface area contributed by atoms with Crippen molar-refractivity contribution in [1.29, 1.82) is 0 Å². The quantitative estimate of drug-likeness (QED) is 0.378. The summed E-state index contributed by atoms with van der Waals surface area (Å²) in [5.74, 6) is 0.794. The first-order valence-electron chi connectivity index (χ1n) is 9.24. The third-order valence-electron chi connectivity index (χ3n) is 4.30. The lowest BCUT2D eigenvalue weighted by molar-refractivity contribution is -0.113. The van der Waals surface area contributed by atoms with E-state index in [1.54, 1.807) is 13.3 Å². The van der Waals surface area contributed by atoms with E-state index in [2.05, 4.69) is 20.5 Å². The Morgan fingerprint density at radius 2 is 1.90 bits per heavy atom. The number of hydrogen-bond donors (Lipinski definition) is 1. The van der Waals surface area contributed by atoms with Crippen molar-refractivity contribution in [2.24, 2.45) is 0 Å². The molecule has 1 amide bonds. The number of ether oxygens (including phenoxy) is 1. The number of amides is 1. The minimum Gasteiger partial charge on any atom is -0.497 e. The molecule has 0 fully saturated rings. The summed E-state index contributed by atoms with van der Waals surface area (Å²) in [5, 5.41) is 13.2. The van der Waals surface area contributed by atoms with Crippen molar-refractivity contribution in [1.82, 2.24) is 19.7 Å². The number of thioether (sulfide) groups is 1. The molecule has 4 rings (SSSR count). The molecule has 1 N–H and O–H groups in total. The summed E-state index contributed by atoms with van der Waals surface area (Å²) in [6.45, 7) is 1.84. The Morgan fingerprint density at radius 1 is 1.16 bits per heavy atom. The maximum atomic E-state index is 12.4. The van der Waals surface area contributed by atoms with Crippen LogP contribution < -0.4 is 10.1 Å². The zero-order valence-electron chi connectivity index (χ0n) is 16.7. The second-order valence-corrected chi connectivity index (χ2v) is 8.99. The standard InChI is InChI=1S/C21H18ClN5O2S2/c1-13-25-26-20(31-13)24-19(28)12-30-21-23-11-18(14-3-9-17(29-2)10-4-14)27(21)16-7-5-15(22)6-8-16/h3-11H,12H2,1-2H3,(H,24,26,28). The van der Waals surface area contributed by atoms with Gasteiger partial charge in [-0.3, -0.25) is 14.7 Å². The Hall–Kier alpha value is -2.88. The lowest BCUT2D eigenvalue weighted by Crippen LogP contribution is -2.14. The Kier molecular flexibility index (Phi) is 6.55. The van der Waals surface area contributed by atoms with Gasteiger partial charge in [0.25, 0.3) is 0 Å². The number of halogens is 1. The molecule has 0 saturated heterocycles. The summed E-state index contributed by atoms with van der Waals surface area (Å²) in [6.07, 6.45) is 1.80. The van der Waals surface area contributed by atoms with Crippen LogP contribution in [0.5, 0.6) is 5.75 Å². The van der Waals surface area contributed by atoms with E-state index < -0.39 is 0 Å². The maximum Gasteiger partial charge on any atom is 0.236 e. The molecule has 0 aliphatic carbocycles. The van der Waals surface area contributed by atoms with E-state index in [4.69, 9.17) is 16.3 Å². The molecule has 0 spiro atoms. The number of carbonyl (C=O) groups is 1. The van der Waals surface area contributed by atoms with Gasteiger partial charge in [0.2, 0.25) is 11.0 Å². The van der Waals surface area contributed by atoms with Crippen LogP contribution in [0.3, 0.4) is 0 Å². The number of aromatic nitrogens is 4. The molecule has 158 valence electrons. The van der Waals surface area contributed by atoms with Gasteiger partial charge in [-0.2, -0.15) is 0 Å². The van der Waals surface area contributed by atoms with E-state index in [1.165, 1.54) is 23.1 Å². The molecular formula is C21H18ClN5O2S2. The van der Waals surface area contributed by atoms with Crippen LogP contribution in [0.2, 0.25) is 5.02 Å². The minimum atomic E-state index is -0.169. The molecule has 10 heteroatoms. The molecule has 0 saturated carbocycles. The van der Waals surface area contributed by atoms with Crippen LogP contribution in [-0.2, 0) is 4.79 Å². The van der Waals surface area contributed by atoms with Gasteiger partial charge in [-0.15, -0.1) is 10.2 Å². The Balaban J connectivity index is 1.61. The van der Waals surface area contributed by atoms with Gasteiger partial charge in [0.1, 0.15) is 10.8 Å². The molecule has 4 aromatic rings. The van der Waals surface area contributed by atoms with Crippen LogP contribution in [0.4, 0.5) is 5.13 Å². The third-order valence-corrected chi connectivity index (χ3v) is 6.26. The molecule has 0 unspecified atom stereocenters. The molecule has 0 atom stereocenters. The van der Waals surface area contributed by atoms with Crippen LogP contribution in [0.15, 0.2) is 59.9 Å². The van der Waals surface area contributed by atoms with E-state index >= 15 is 0 Å². The molecule has 0 bridgehead atoms. The fourth-order valence-corrected chi connectivity index (χ4v) is 4.40. The van der Waals surface area contributed by atoms with E-state index in [-0.39, 0.29) is 11.7 Å². The van der Waals surface area contributed by atoms with Crippen molar-refractivity contribution >= 4 is 45.7 Å². The van der Waals surface area contributed by atoms with E-state index in [9.17, 15) is 4.79 Å². The van der Waals surface area contributed by atoms with E-state index in [1.807, 2.05) is 60.0 Å². The van der Waals surface area contributed by atoms with Gasteiger partial charge in [-0.05, 0) is 55.5 Å². The summed E-state index contributed by atoms with van der Waals surface area (Å²) in [7, 11) is 1.63. The smallest absolute Gasteiger partial charge is 0.236 e. The number of anilines is 1. The summed E-state index contributed by atoms with van der Waals surface area (Å²) in [4.78, 5) is 16.9. The van der Waals surface area contributed by atoms with Gasteiger partial charge in [-0.1, -0.05) is 34.7 Å². The molecule has 0 aliphatic heterocycles. The molecule has 2 aromatic carbocycles. The molecule has 0 radical (unpaired) electrons. The fourth-order valence-electron chi connectivity index (χ4n) is 2.87. The van der Waals surface area contributed by atoms with Gasteiger partial charge in [0.05, 0.1) is 24.8 Å². The summed E-state index contributed by atoms with van der Waals surface area (Å²) in [5.41, 5.74) is 2.77. The van der Waals surface area contributed by atoms with Gasteiger partial charge in [0, 0.05) is 16.3 Å². The van der Waals surface area contributed by atoms with Crippen LogP contribution in [0, 0.1) is 6.92 Å². The monoisotopic (exact) mass is 471 g/mol. The van der Waals surface area contributed by atoms with Crippen LogP contribution >= 0.6 is 34.7 Å². The second-order valence-electron chi connectivity index (χ2n) is 6.43. The zero-order valence-corrected chi connectivity index (χ0v) is 19.1. The zero-order chi connectivity index (χ0) is 21.8. The highest BCUT2D eigenvalue weighted by Crippen LogP contribution is 2.31. The third kappa shape index (κ3) is 5.07. The average Bonchev–Trinajstić information content (AvgIpc) is 3.39. The summed E-state index contributed by atoms with van der Waals surface area (Å²) in [6, 6.07) is 15.2. The summed E-state index contributed by atoms with van der Waals surface area (Å²) >= 11 is 8.76. The Labute approximate surface area is 192 Å². The molecule has 0 aliphatic rings. The predicted molar refractivity (Wildman–Crippen MR) is 125 cm³/mol. The fraction of sp³-hybridized carbons (Fsp3) is 0.143. The lowest BCUT2D eigenvalue weighted by Gasteiger charge is -2.12. The molecular weight excluding hydrogens is 454 g/mol. The number of nitrogens with zero attached hydrogens (tertiary/aromatic N) is 4. The number of nitrogens with one attached hydrogen (secondary N) is 1. The summed E-state index contributed by atoms with van der Waals surface area (Å²) < 4.78 is 7.26. The lowest BCUT2D eigenvalue weighted by atomic mass is 10.1. The van der Waals surface area contributed by atoms with Gasteiger partial charge < -0.3 is 4.74 Å². The molecule has 2 heterocycles. The number of imidazole rings is 1. The Morgan fingerprint density at radius 3 is 2.55 bits per heavy atom. The highest BCUT2D eigenvalue weighted by molar-refractivity contribution is 7.99. The van der Waals surface area contributed by atoms with Crippen LogP contribution in [0.1, 0.15) is 5.01 Å². The molecule has 2 aromatic heterocycles. The second kappa shape index (κ2) is 9.51. The van der Waals surface area contributed by atoms with Gasteiger partial charge >= 0.3 is 0 Å². The largest absolute Gasteiger partial charge is 0.497 e. The first kappa shape index (κ1) is 21.4. The van der Waals surface area contributed by atoms with Crippen molar-refractivity contribution in [3.8, 4) is 22.7 Å². The van der Waals surface area contributed by atoms with Crippen molar-refractivity contribution < 1.29 is 9.53 Å². The minimum absolute atomic E-state index is 0.169. The van der Waals surface area contributed by atoms with Crippen molar-refractivity contribution in [2.45, 2.75) is 12.1 Å². The highest BCUT2D eigenvalue weighted by atomic mass is 35.5. The molecule has 7 nitrogen and oxygen atoms in total. The van der Waals surface area contributed by atoms with Crippen LogP contribution in [-0.4, -0.2) is 38.5 Å². The number of aryl methyl sites for hydroxylation is 1. The molecule has 31 heavy (non-hydrogen) atoms. The van der Waals surface area contributed by atoms with Crippen molar-refractivity contribution in [3.63, 3.8) is 0 Å². The topological polar surface area (TPSA) is 81.9 Å². The normalized spacial score (nSPS) is 10.8. The maximum absolute atomic E-state index is 12.4. The predicted octanol–water partition coefficient (Wildman–Crippen LogP) is 5.09. The SMILES string of the molecule is COc1ccc(-c2cnc(SCC(=O)Nc3nnc(C)s3)n2-c2ccc(Cl)cc2)cc1. The number of hydrogen-bond acceptors (Lipinski definition) is 7. The van der Waals surface area contributed by atoms with E-state index in [0.29, 0.717) is 15.3 Å². The highest BCUT2D eigenvalue weighted by Gasteiger charge is 2.16. The number of methoxy groups -OCH3 is 1. The van der Waals surface area contributed by atoms with Crippen LogP contribution in [0.25, 0.3) is 16.9 Å². The average molecular weight is 472 g/mol. The van der Waals surface area contributed by atoms with Crippen molar-refractivity contribution in [2.75, 3.05) is 18.2 Å². The van der Waals surface area contributed by atoms with Crippen molar-refractivity contribution in [3.05, 3.63) is 64.8 Å².